The highest BCUT2D eigenvalue weighted by atomic mass is 32.2. The van der Waals surface area contributed by atoms with E-state index in [-0.39, 0.29) is 10.8 Å². The molecule has 0 radical (unpaired) electrons. The van der Waals surface area contributed by atoms with Crippen LogP contribution in [0.3, 0.4) is 0 Å². The van der Waals surface area contributed by atoms with Gasteiger partial charge in [-0.1, -0.05) is 83.1 Å². The van der Waals surface area contributed by atoms with Gasteiger partial charge in [-0.3, -0.25) is 0 Å². The van der Waals surface area contributed by atoms with Gasteiger partial charge in [-0.25, -0.2) is 0 Å². The van der Waals surface area contributed by atoms with E-state index in [9.17, 15) is 0 Å². The molecule has 0 saturated carbocycles. The number of allylic oxidation sites excluding steroid dienone is 3. The summed E-state index contributed by atoms with van der Waals surface area (Å²) in [6.07, 6.45) is 4.70. The molecule has 146 valence electrons. The van der Waals surface area contributed by atoms with Crippen molar-refractivity contribution in [2.45, 2.75) is 64.7 Å². The minimum atomic E-state index is 0.154. The summed E-state index contributed by atoms with van der Waals surface area (Å²) in [5.74, 6) is 0. The number of nitrogens with zero attached hydrogens (tertiary/aromatic N) is 1. The van der Waals surface area contributed by atoms with Gasteiger partial charge < -0.3 is 4.90 Å². The fourth-order valence-corrected chi connectivity index (χ4v) is 5.17. The Bertz CT molecular complexity index is 952. The van der Waals surface area contributed by atoms with Gasteiger partial charge in [0, 0.05) is 21.2 Å². The third-order valence-electron chi connectivity index (χ3n) is 5.76. The molecule has 28 heavy (non-hydrogen) atoms. The normalized spacial score (nSPS) is 17.2. The number of rotatable bonds is 1. The van der Waals surface area contributed by atoms with Crippen LogP contribution in [-0.4, -0.2) is 0 Å². The van der Waals surface area contributed by atoms with Crippen molar-refractivity contribution in [3.63, 3.8) is 0 Å². The molecule has 2 heteroatoms. The average Bonchev–Trinajstić information content (AvgIpc) is 2.64. The third-order valence-corrected chi connectivity index (χ3v) is 6.88. The summed E-state index contributed by atoms with van der Waals surface area (Å²) >= 11 is 1.95. The third kappa shape index (κ3) is 3.55. The molecule has 0 amide bonds. The zero-order chi connectivity index (χ0) is 20.1. The number of hydrogen-bond donors (Lipinski definition) is 0. The molecule has 0 spiro atoms. The molecule has 4 rings (SSSR count). The Kier molecular flexibility index (Phi) is 4.74. The monoisotopic (exact) mass is 389 g/mol. The van der Waals surface area contributed by atoms with Gasteiger partial charge in [0.05, 0.1) is 5.69 Å². The van der Waals surface area contributed by atoms with Gasteiger partial charge in [0.15, 0.2) is 0 Å². The molecule has 2 aromatic rings. The fraction of sp³-hybridized carbons (Fsp3) is 0.385. The molecule has 2 aromatic carbocycles. The van der Waals surface area contributed by atoms with Crippen LogP contribution in [0.4, 0.5) is 11.4 Å². The van der Waals surface area contributed by atoms with Crippen LogP contribution in [0.5, 0.6) is 0 Å². The van der Waals surface area contributed by atoms with Gasteiger partial charge in [-0.05, 0) is 59.6 Å². The largest absolute Gasteiger partial charge is 0.312 e. The first-order chi connectivity index (χ1) is 13.1. The van der Waals surface area contributed by atoms with Gasteiger partial charge >= 0.3 is 0 Å². The lowest BCUT2D eigenvalue weighted by molar-refractivity contribution is 0.478. The van der Waals surface area contributed by atoms with Crippen molar-refractivity contribution >= 4 is 23.1 Å². The van der Waals surface area contributed by atoms with Crippen LogP contribution >= 0.6 is 11.8 Å². The van der Waals surface area contributed by atoms with E-state index in [2.05, 4.69) is 101 Å². The summed E-state index contributed by atoms with van der Waals surface area (Å²) < 4.78 is 0. The Morgan fingerprint density at radius 3 is 2.18 bits per heavy atom. The van der Waals surface area contributed by atoms with Crippen molar-refractivity contribution in [3.8, 4) is 0 Å². The predicted octanol–water partition coefficient (Wildman–Crippen LogP) is 8.21. The molecule has 0 unspecified atom stereocenters. The molecule has 0 atom stereocenters. The SMILES string of the molecule is CC(C)(C)C1=CC2=C(CC1)N(c1ccccc1)c1ccc(C(C)(C)C)cc1S2. The van der Waals surface area contributed by atoms with Gasteiger partial charge in [0.25, 0.3) is 0 Å². The van der Waals surface area contributed by atoms with Crippen LogP contribution in [0.1, 0.15) is 59.9 Å². The van der Waals surface area contributed by atoms with E-state index in [1.54, 1.807) is 5.57 Å². The van der Waals surface area contributed by atoms with Crippen LogP contribution in [-0.2, 0) is 5.41 Å². The molecular weight excluding hydrogens is 358 g/mol. The summed E-state index contributed by atoms with van der Waals surface area (Å²) in [5, 5.41) is 0. The fourth-order valence-electron chi connectivity index (χ4n) is 3.97. The molecule has 1 aliphatic carbocycles. The first-order valence-electron chi connectivity index (χ1n) is 10.3. The average molecular weight is 390 g/mol. The molecule has 0 aromatic heterocycles. The Hall–Kier alpha value is -1.93. The van der Waals surface area contributed by atoms with Crippen molar-refractivity contribution in [3.05, 3.63) is 76.3 Å². The second-order valence-electron chi connectivity index (χ2n) is 9.94. The maximum absolute atomic E-state index is 2.49. The number of anilines is 2. The lowest BCUT2D eigenvalue weighted by Crippen LogP contribution is -2.25. The number of benzene rings is 2. The second kappa shape index (κ2) is 6.84. The Balaban J connectivity index is 1.88. The maximum atomic E-state index is 2.49. The highest BCUT2D eigenvalue weighted by Gasteiger charge is 2.31. The predicted molar refractivity (Wildman–Crippen MR) is 123 cm³/mol. The smallest absolute Gasteiger partial charge is 0.0598 e. The molecule has 0 bridgehead atoms. The lowest BCUT2D eigenvalue weighted by atomic mass is 9.81. The quantitative estimate of drug-likeness (QED) is 0.483. The molecule has 0 saturated heterocycles. The summed E-state index contributed by atoms with van der Waals surface area (Å²) in [6.45, 7) is 13.9. The zero-order valence-electron chi connectivity index (χ0n) is 18.0. The minimum absolute atomic E-state index is 0.154. The van der Waals surface area contributed by atoms with Crippen LogP contribution in [0.15, 0.2) is 75.7 Å². The number of fused-ring (bicyclic) bond motifs is 1. The van der Waals surface area contributed by atoms with Gasteiger partial charge in [-0.15, -0.1) is 0 Å². The van der Waals surface area contributed by atoms with Crippen LogP contribution < -0.4 is 4.90 Å². The van der Waals surface area contributed by atoms with Crippen LogP contribution in [0.2, 0.25) is 0 Å². The van der Waals surface area contributed by atoms with Crippen molar-refractivity contribution < 1.29 is 0 Å². The molecule has 0 fully saturated rings. The van der Waals surface area contributed by atoms with Crippen LogP contribution in [0.25, 0.3) is 0 Å². The summed E-state index contributed by atoms with van der Waals surface area (Å²) in [4.78, 5) is 5.27. The van der Waals surface area contributed by atoms with E-state index in [1.807, 2.05) is 11.8 Å². The summed E-state index contributed by atoms with van der Waals surface area (Å²) in [6, 6.07) is 17.9. The molecule has 0 N–H and O–H groups in total. The Morgan fingerprint density at radius 1 is 0.821 bits per heavy atom. The number of hydrogen-bond acceptors (Lipinski definition) is 2. The van der Waals surface area contributed by atoms with Gasteiger partial charge in [0.1, 0.15) is 0 Å². The highest BCUT2D eigenvalue weighted by molar-refractivity contribution is 8.03. The van der Waals surface area contributed by atoms with E-state index in [0.29, 0.717) is 0 Å². The topological polar surface area (TPSA) is 3.24 Å². The Labute approximate surface area is 174 Å². The van der Waals surface area contributed by atoms with Gasteiger partial charge in [-0.2, -0.15) is 0 Å². The Morgan fingerprint density at radius 2 is 1.54 bits per heavy atom. The number of thioether (sulfide) groups is 1. The van der Waals surface area contributed by atoms with Crippen LogP contribution in [0, 0.1) is 5.41 Å². The zero-order valence-corrected chi connectivity index (χ0v) is 18.8. The van der Waals surface area contributed by atoms with Crippen molar-refractivity contribution in [1.82, 2.24) is 0 Å². The summed E-state index contributed by atoms with van der Waals surface area (Å²) in [5.41, 5.74) is 7.35. The standard InChI is InChI=1S/C26H31NS/c1-25(2,3)18-12-14-21-23(16-18)28-24-17-19(26(4,5)6)13-15-22(24)27(21)20-10-8-7-9-11-20/h7-12,14,16-17H,13,15H2,1-6H3. The second-order valence-corrected chi connectivity index (χ2v) is 11.0. The van der Waals surface area contributed by atoms with E-state index < -0.39 is 0 Å². The van der Waals surface area contributed by atoms with E-state index >= 15 is 0 Å². The molecule has 1 heterocycles. The van der Waals surface area contributed by atoms with Crippen molar-refractivity contribution in [2.24, 2.45) is 5.41 Å². The van der Waals surface area contributed by atoms with Crippen molar-refractivity contribution in [1.29, 1.82) is 0 Å². The first kappa shape index (κ1) is 19.4. The maximum Gasteiger partial charge on any atom is 0.0598 e. The minimum Gasteiger partial charge on any atom is -0.312 e. The molecule has 2 aliphatic rings. The summed E-state index contributed by atoms with van der Waals surface area (Å²) in [7, 11) is 0. The van der Waals surface area contributed by atoms with Gasteiger partial charge in [0.2, 0.25) is 0 Å². The van der Waals surface area contributed by atoms with E-state index in [1.165, 1.54) is 32.4 Å². The molecule has 1 nitrogen and oxygen atoms in total. The first-order valence-corrected chi connectivity index (χ1v) is 11.1. The van der Waals surface area contributed by atoms with E-state index in [4.69, 9.17) is 0 Å². The highest BCUT2D eigenvalue weighted by Crippen LogP contribution is 2.52. The van der Waals surface area contributed by atoms with Crippen molar-refractivity contribution in [2.75, 3.05) is 4.90 Å². The number of para-hydroxylation sites is 1. The lowest BCUT2D eigenvalue weighted by Gasteiger charge is -2.39. The molecule has 1 aliphatic heterocycles. The van der Waals surface area contributed by atoms with E-state index in [0.717, 1.165) is 12.8 Å². The molecular formula is C26H31NS.